The van der Waals surface area contributed by atoms with Crippen LogP contribution in [0.25, 0.3) is 0 Å². The van der Waals surface area contributed by atoms with Gasteiger partial charge in [0.15, 0.2) is 0 Å². The number of carbonyl (C=O) groups is 3. The molecule has 1 aliphatic heterocycles. The molecular weight excluding hydrogens is 334 g/mol. The van der Waals surface area contributed by atoms with E-state index in [4.69, 9.17) is 5.21 Å². The van der Waals surface area contributed by atoms with Crippen molar-refractivity contribution in [2.75, 3.05) is 6.54 Å². The number of hydroxylamine groups is 1. The fourth-order valence-corrected chi connectivity index (χ4v) is 3.46. The minimum atomic E-state index is -0.589. The van der Waals surface area contributed by atoms with E-state index in [0.29, 0.717) is 6.42 Å². The van der Waals surface area contributed by atoms with Gasteiger partial charge in [-0.15, -0.1) is 0 Å². The van der Waals surface area contributed by atoms with Crippen LogP contribution in [0.5, 0.6) is 0 Å². The van der Waals surface area contributed by atoms with Crippen molar-refractivity contribution in [2.24, 2.45) is 11.8 Å². The van der Waals surface area contributed by atoms with Gasteiger partial charge in [-0.25, -0.2) is 5.48 Å². The number of nitrogens with zero attached hydrogens (tertiary/aromatic N) is 1. The molecule has 1 aliphatic rings. The highest BCUT2D eigenvalue weighted by Crippen LogP contribution is 2.21. The fraction of sp³-hybridized carbons (Fsp3) is 0.842. The largest absolute Gasteiger partial charge is 0.344 e. The lowest BCUT2D eigenvalue weighted by atomic mass is 9.94. The number of nitrogens with one attached hydrogen (secondary N) is 2. The zero-order chi connectivity index (χ0) is 19.7. The Hall–Kier alpha value is -1.63. The zero-order valence-electron chi connectivity index (χ0n) is 16.6. The summed E-state index contributed by atoms with van der Waals surface area (Å²) in [5.74, 6) is -1.50. The van der Waals surface area contributed by atoms with Crippen LogP contribution in [-0.2, 0) is 14.4 Å². The average molecular weight is 370 g/mol. The summed E-state index contributed by atoms with van der Waals surface area (Å²) >= 11 is 0. The van der Waals surface area contributed by atoms with Gasteiger partial charge < -0.3 is 10.2 Å². The van der Waals surface area contributed by atoms with E-state index in [1.54, 1.807) is 5.48 Å². The molecule has 1 rings (SSSR count). The van der Waals surface area contributed by atoms with Crippen LogP contribution in [-0.4, -0.2) is 46.5 Å². The standard InChI is InChI=1S/C19H35N3O4/c1-5-6-7-10-15(12-16(23)21-26)18(24)20-17(13(2)3)19(25)22-11-8-9-14(22)4/h13-15,17,26H,5-12H2,1-4H3,(H,20,24)(H,21,23). The van der Waals surface area contributed by atoms with Gasteiger partial charge in [0.25, 0.3) is 0 Å². The summed E-state index contributed by atoms with van der Waals surface area (Å²) in [5, 5.41) is 11.7. The highest BCUT2D eigenvalue weighted by Gasteiger charge is 2.34. The molecule has 1 fully saturated rings. The molecule has 0 bridgehead atoms. The Bertz CT molecular complexity index is 481. The summed E-state index contributed by atoms with van der Waals surface area (Å²) in [6, 6.07) is -0.393. The van der Waals surface area contributed by atoms with E-state index in [-0.39, 0.29) is 30.2 Å². The van der Waals surface area contributed by atoms with Crippen molar-refractivity contribution in [3.8, 4) is 0 Å². The Balaban J connectivity index is 2.79. The highest BCUT2D eigenvalue weighted by atomic mass is 16.5. The van der Waals surface area contributed by atoms with Crippen LogP contribution in [0, 0.1) is 11.8 Å². The molecule has 3 N–H and O–H groups in total. The van der Waals surface area contributed by atoms with Crippen molar-refractivity contribution in [1.82, 2.24) is 15.7 Å². The van der Waals surface area contributed by atoms with Crippen molar-refractivity contribution in [1.29, 1.82) is 0 Å². The van der Waals surface area contributed by atoms with E-state index in [1.165, 1.54) is 0 Å². The number of likely N-dealkylation sites (tertiary alicyclic amines) is 1. The van der Waals surface area contributed by atoms with Gasteiger partial charge in [-0.1, -0.05) is 40.0 Å². The van der Waals surface area contributed by atoms with Crippen LogP contribution >= 0.6 is 0 Å². The van der Waals surface area contributed by atoms with E-state index >= 15 is 0 Å². The summed E-state index contributed by atoms with van der Waals surface area (Å²) in [6.45, 7) is 8.65. The lowest BCUT2D eigenvalue weighted by molar-refractivity contribution is -0.140. The number of hydrogen-bond donors (Lipinski definition) is 3. The molecular formula is C19H35N3O4. The third-order valence-corrected chi connectivity index (χ3v) is 5.15. The SMILES string of the molecule is CCCCCC(CC(=O)NO)C(=O)NC(C(=O)N1CCCC1C)C(C)C. The molecule has 0 aromatic heterocycles. The fourth-order valence-electron chi connectivity index (χ4n) is 3.46. The molecule has 0 aromatic carbocycles. The molecule has 1 saturated heterocycles. The topological polar surface area (TPSA) is 98.7 Å². The molecule has 26 heavy (non-hydrogen) atoms. The maximum absolute atomic E-state index is 12.9. The van der Waals surface area contributed by atoms with E-state index in [0.717, 1.165) is 38.6 Å². The molecule has 0 radical (unpaired) electrons. The molecule has 7 nitrogen and oxygen atoms in total. The van der Waals surface area contributed by atoms with Gasteiger partial charge in [-0.2, -0.15) is 0 Å². The van der Waals surface area contributed by atoms with E-state index in [2.05, 4.69) is 12.2 Å². The molecule has 150 valence electrons. The second-order valence-corrected chi connectivity index (χ2v) is 7.68. The van der Waals surface area contributed by atoms with Crippen molar-refractivity contribution >= 4 is 17.7 Å². The second kappa shape index (κ2) is 11.2. The van der Waals surface area contributed by atoms with Crippen molar-refractivity contribution in [3.63, 3.8) is 0 Å². The monoisotopic (exact) mass is 369 g/mol. The number of unbranched alkanes of at least 4 members (excludes halogenated alkanes) is 2. The maximum Gasteiger partial charge on any atom is 0.245 e. The van der Waals surface area contributed by atoms with Crippen LogP contribution in [0.2, 0.25) is 0 Å². The number of rotatable bonds is 10. The molecule has 7 heteroatoms. The van der Waals surface area contributed by atoms with Gasteiger partial charge in [0, 0.05) is 24.9 Å². The summed E-state index contributed by atoms with van der Waals surface area (Å²) in [6.07, 6.45) is 5.28. The first-order valence-electron chi connectivity index (χ1n) is 9.85. The molecule has 3 amide bonds. The minimum absolute atomic E-state index is 0.0396. The predicted octanol–water partition coefficient (Wildman–Crippen LogP) is 2.23. The molecule has 0 aromatic rings. The molecule has 0 aliphatic carbocycles. The van der Waals surface area contributed by atoms with Gasteiger partial charge >= 0.3 is 0 Å². The zero-order valence-corrected chi connectivity index (χ0v) is 16.6. The van der Waals surface area contributed by atoms with Gasteiger partial charge in [0.2, 0.25) is 17.7 Å². The number of carbonyl (C=O) groups excluding carboxylic acids is 3. The molecule has 0 spiro atoms. The maximum atomic E-state index is 12.9. The minimum Gasteiger partial charge on any atom is -0.344 e. The van der Waals surface area contributed by atoms with Crippen molar-refractivity contribution < 1.29 is 19.6 Å². The lowest BCUT2D eigenvalue weighted by Gasteiger charge is -2.30. The smallest absolute Gasteiger partial charge is 0.245 e. The highest BCUT2D eigenvalue weighted by molar-refractivity contribution is 5.90. The summed E-state index contributed by atoms with van der Waals surface area (Å²) < 4.78 is 0. The van der Waals surface area contributed by atoms with Crippen LogP contribution in [0.15, 0.2) is 0 Å². The quantitative estimate of drug-likeness (QED) is 0.312. The van der Waals surface area contributed by atoms with Crippen LogP contribution in [0.1, 0.15) is 72.6 Å². The van der Waals surface area contributed by atoms with Crippen molar-refractivity contribution in [2.45, 2.75) is 84.7 Å². The van der Waals surface area contributed by atoms with Crippen LogP contribution < -0.4 is 10.8 Å². The Labute approximate surface area is 156 Å². The van der Waals surface area contributed by atoms with Gasteiger partial charge in [-0.05, 0) is 32.1 Å². The first kappa shape index (κ1) is 22.4. The molecule has 0 saturated carbocycles. The summed E-state index contributed by atoms with van der Waals surface area (Å²) in [5.41, 5.74) is 1.60. The van der Waals surface area contributed by atoms with E-state index in [9.17, 15) is 14.4 Å². The van der Waals surface area contributed by atoms with Gasteiger partial charge in [-0.3, -0.25) is 19.6 Å². The molecule has 3 atom stereocenters. The molecule has 3 unspecified atom stereocenters. The van der Waals surface area contributed by atoms with Crippen LogP contribution in [0.3, 0.4) is 0 Å². The Morgan fingerprint density at radius 1 is 1.23 bits per heavy atom. The van der Waals surface area contributed by atoms with Crippen LogP contribution in [0.4, 0.5) is 0 Å². The Morgan fingerprint density at radius 3 is 2.42 bits per heavy atom. The summed E-state index contributed by atoms with van der Waals surface area (Å²) in [7, 11) is 0. The third kappa shape index (κ3) is 6.59. The first-order valence-corrected chi connectivity index (χ1v) is 9.85. The van der Waals surface area contributed by atoms with Crippen molar-refractivity contribution in [3.05, 3.63) is 0 Å². The Morgan fingerprint density at radius 2 is 1.92 bits per heavy atom. The average Bonchev–Trinajstić information content (AvgIpc) is 3.03. The first-order chi connectivity index (χ1) is 12.3. The number of hydrogen-bond acceptors (Lipinski definition) is 4. The van der Waals surface area contributed by atoms with E-state index < -0.39 is 17.9 Å². The second-order valence-electron chi connectivity index (χ2n) is 7.68. The normalized spacial score (nSPS) is 19.3. The lowest BCUT2D eigenvalue weighted by Crippen LogP contribution is -2.53. The third-order valence-electron chi connectivity index (χ3n) is 5.15. The van der Waals surface area contributed by atoms with E-state index in [1.807, 2.05) is 25.7 Å². The number of amides is 3. The van der Waals surface area contributed by atoms with Gasteiger partial charge in [0.1, 0.15) is 6.04 Å². The predicted molar refractivity (Wildman–Crippen MR) is 99.4 cm³/mol. The molecule has 1 heterocycles. The Kier molecular flexibility index (Phi) is 9.62. The van der Waals surface area contributed by atoms with Gasteiger partial charge in [0.05, 0.1) is 0 Å². The summed E-state index contributed by atoms with van der Waals surface area (Å²) in [4.78, 5) is 39.0.